The van der Waals surface area contributed by atoms with Crippen LogP contribution in [0.25, 0.3) is 0 Å². The Bertz CT molecular complexity index is 807. The molecule has 3 atom stereocenters. The molecule has 2 aromatic rings. The molecule has 1 heterocycles. The van der Waals surface area contributed by atoms with Gasteiger partial charge in [-0.05, 0) is 67.6 Å². The SMILES string of the molecule is CC(C)Oc1ccc2c(c1)C1C=CCC1C(c1ccc(N(C)C)cc1)N2. The molecule has 26 heavy (non-hydrogen) atoms. The fourth-order valence-corrected chi connectivity index (χ4v) is 4.23. The number of nitrogens with one attached hydrogen (secondary N) is 1. The zero-order valence-corrected chi connectivity index (χ0v) is 16.1. The van der Waals surface area contributed by atoms with Gasteiger partial charge in [-0.15, -0.1) is 0 Å². The first-order chi connectivity index (χ1) is 12.5. The zero-order valence-electron chi connectivity index (χ0n) is 16.1. The van der Waals surface area contributed by atoms with E-state index in [0.717, 1.165) is 12.2 Å². The minimum absolute atomic E-state index is 0.197. The Hall–Kier alpha value is -2.42. The summed E-state index contributed by atoms with van der Waals surface area (Å²) in [5.41, 5.74) is 5.20. The molecule has 1 aliphatic carbocycles. The van der Waals surface area contributed by atoms with Crippen LogP contribution in [0.15, 0.2) is 54.6 Å². The molecule has 3 heteroatoms. The monoisotopic (exact) mass is 348 g/mol. The Balaban J connectivity index is 1.66. The number of fused-ring (bicyclic) bond motifs is 3. The molecule has 0 aromatic heterocycles. The summed E-state index contributed by atoms with van der Waals surface area (Å²) in [5.74, 6) is 1.98. The van der Waals surface area contributed by atoms with Crippen molar-refractivity contribution in [2.45, 2.75) is 38.3 Å². The van der Waals surface area contributed by atoms with Crippen molar-refractivity contribution >= 4 is 11.4 Å². The van der Waals surface area contributed by atoms with Gasteiger partial charge in [0.15, 0.2) is 0 Å². The maximum Gasteiger partial charge on any atom is 0.120 e. The molecule has 3 unspecified atom stereocenters. The van der Waals surface area contributed by atoms with Gasteiger partial charge in [-0.25, -0.2) is 0 Å². The number of benzene rings is 2. The number of nitrogens with zero attached hydrogens (tertiary/aromatic N) is 1. The van der Waals surface area contributed by atoms with Gasteiger partial charge in [-0.3, -0.25) is 0 Å². The topological polar surface area (TPSA) is 24.5 Å². The molecule has 0 spiro atoms. The van der Waals surface area contributed by atoms with Gasteiger partial charge >= 0.3 is 0 Å². The third kappa shape index (κ3) is 3.07. The highest BCUT2D eigenvalue weighted by Gasteiger charge is 2.38. The summed E-state index contributed by atoms with van der Waals surface area (Å²) in [7, 11) is 4.16. The highest BCUT2D eigenvalue weighted by Crippen LogP contribution is 2.50. The lowest BCUT2D eigenvalue weighted by atomic mass is 9.77. The van der Waals surface area contributed by atoms with Gasteiger partial charge in [0.1, 0.15) is 5.75 Å². The molecule has 3 nitrogen and oxygen atoms in total. The fourth-order valence-electron chi connectivity index (χ4n) is 4.23. The molecule has 0 amide bonds. The van der Waals surface area contributed by atoms with E-state index in [-0.39, 0.29) is 6.10 Å². The third-order valence-electron chi connectivity index (χ3n) is 5.47. The molecule has 136 valence electrons. The number of rotatable bonds is 4. The summed E-state index contributed by atoms with van der Waals surface area (Å²) in [4.78, 5) is 2.14. The first-order valence-electron chi connectivity index (χ1n) is 9.54. The van der Waals surface area contributed by atoms with Gasteiger partial charge in [-0.2, -0.15) is 0 Å². The second-order valence-electron chi connectivity index (χ2n) is 7.88. The summed E-state index contributed by atoms with van der Waals surface area (Å²) < 4.78 is 5.92. The molecule has 0 radical (unpaired) electrons. The predicted octanol–water partition coefficient (Wildman–Crippen LogP) is 5.37. The van der Waals surface area contributed by atoms with E-state index in [2.05, 4.69) is 92.8 Å². The van der Waals surface area contributed by atoms with Gasteiger partial charge in [0, 0.05) is 31.4 Å². The van der Waals surface area contributed by atoms with Crippen LogP contribution in [-0.2, 0) is 0 Å². The number of allylic oxidation sites excluding steroid dienone is 2. The number of ether oxygens (including phenoxy) is 1. The minimum atomic E-state index is 0.197. The third-order valence-corrected chi connectivity index (χ3v) is 5.47. The van der Waals surface area contributed by atoms with Gasteiger partial charge in [-0.1, -0.05) is 24.3 Å². The Morgan fingerprint density at radius 2 is 1.85 bits per heavy atom. The van der Waals surface area contributed by atoms with E-state index in [9.17, 15) is 0 Å². The molecule has 0 bridgehead atoms. The van der Waals surface area contributed by atoms with Crippen LogP contribution in [0.3, 0.4) is 0 Å². The van der Waals surface area contributed by atoms with E-state index in [4.69, 9.17) is 4.74 Å². The van der Waals surface area contributed by atoms with Crippen LogP contribution < -0.4 is 15.0 Å². The van der Waals surface area contributed by atoms with E-state index < -0.39 is 0 Å². The summed E-state index contributed by atoms with van der Waals surface area (Å²) in [5, 5.41) is 3.80. The molecule has 2 aliphatic rings. The molecule has 4 rings (SSSR count). The largest absolute Gasteiger partial charge is 0.491 e. The van der Waals surface area contributed by atoms with Crippen LogP contribution in [0.5, 0.6) is 5.75 Å². The maximum atomic E-state index is 5.92. The highest BCUT2D eigenvalue weighted by molar-refractivity contribution is 5.62. The van der Waals surface area contributed by atoms with Gasteiger partial charge < -0.3 is 15.0 Å². The Morgan fingerprint density at radius 3 is 2.54 bits per heavy atom. The van der Waals surface area contributed by atoms with E-state index in [0.29, 0.717) is 17.9 Å². The molecule has 0 saturated heterocycles. The van der Waals surface area contributed by atoms with Crippen LogP contribution in [-0.4, -0.2) is 20.2 Å². The molecule has 0 saturated carbocycles. The van der Waals surface area contributed by atoms with Crippen molar-refractivity contribution in [2.75, 3.05) is 24.3 Å². The first kappa shape index (κ1) is 17.0. The second-order valence-corrected chi connectivity index (χ2v) is 7.88. The summed E-state index contributed by atoms with van der Waals surface area (Å²) in [6.45, 7) is 4.15. The second kappa shape index (κ2) is 6.71. The van der Waals surface area contributed by atoms with Crippen molar-refractivity contribution in [1.29, 1.82) is 0 Å². The standard InChI is InChI=1S/C23H28N2O/c1-15(2)26-18-12-13-22-21(14-18)19-6-5-7-20(19)23(24-22)16-8-10-17(11-9-16)25(3)4/h5-6,8-15,19-20,23-24H,7H2,1-4H3. The van der Waals surface area contributed by atoms with E-state index in [1.165, 1.54) is 22.5 Å². The predicted molar refractivity (Wildman–Crippen MR) is 109 cm³/mol. The van der Waals surface area contributed by atoms with Crippen molar-refractivity contribution in [3.63, 3.8) is 0 Å². The average molecular weight is 348 g/mol. The zero-order chi connectivity index (χ0) is 18.3. The lowest BCUT2D eigenvalue weighted by Gasteiger charge is -2.38. The van der Waals surface area contributed by atoms with E-state index in [1.54, 1.807) is 0 Å². The van der Waals surface area contributed by atoms with Crippen LogP contribution >= 0.6 is 0 Å². The molecule has 1 N–H and O–H groups in total. The van der Waals surface area contributed by atoms with Crippen molar-refractivity contribution < 1.29 is 4.74 Å². The Labute approximate surface area is 156 Å². The van der Waals surface area contributed by atoms with Crippen LogP contribution in [0.1, 0.15) is 43.4 Å². The Kier molecular flexibility index (Phi) is 4.39. The maximum absolute atomic E-state index is 5.92. The van der Waals surface area contributed by atoms with Crippen molar-refractivity contribution in [1.82, 2.24) is 0 Å². The Morgan fingerprint density at radius 1 is 1.08 bits per heavy atom. The van der Waals surface area contributed by atoms with Crippen LogP contribution in [0, 0.1) is 5.92 Å². The van der Waals surface area contributed by atoms with Crippen LogP contribution in [0.2, 0.25) is 0 Å². The average Bonchev–Trinajstić information content (AvgIpc) is 3.11. The molecular formula is C23H28N2O. The summed E-state index contributed by atoms with van der Waals surface area (Å²) in [6, 6.07) is 15.8. The van der Waals surface area contributed by atoms with E-state index >= 15 is 0 Å². The minimum Gasteiger partial charge on any atom is -0.491 e. The fraction of sp³-hybridized carbons (Fsp3) is 0.391. The molecule has 2 aromatic carbocycles. The molecule has 1 aliphatic heterocycles. The van der Waals surface area contributed by atoms with Crippen molar-refractivity contribution in [3.05, 3.63) is 65.7 Å². The quantitative estimate of drug-likeness (QED) is 0.752. The van der Waals surface area contributed by atoms with Crippen LogP contribution in [0.4, 0.5) is 11.4 Å². The van der Waals surface area contributed by atoms with Crippen molar-refractivity contribution in [3.8, 4) is 5.75 Å². The van der Waals surface area contributed by atoms with Gasteiger partial charge in [0.25, 0.3) is 0 Å². The number of anilines is 2. The molecular weight excluding hydrogens is 320 g/mol. The highest BCUT2D eigenvalue weighted by atomic mass is 16.5. The summed E-state index contributed by atoms with van der Waals surface area (Å²) in [6.07, 6.45) is 6.03. The normalized spacial score (nSPS) is 23.3. The number of hydrogen-bond acceptors (Lipinski definition) is 3. The number of hydrogen-bond donors (Lipinski definition) is 1. The first-order valence-corrected chi connectivity index (χ1v) is 9.54. The lowest BCUT2D eigenvalue weighted by molar-refractivity contribution is 0.242. The van der Waals surface area contributed by atoms with Gasteiger partial charge in [0.05, 0.1) is 12.1 Å². The molecule has 0 fully saturated rings. The van der Waals surface area contributed by atoms with E-state index in [1.807, 2.05) is 0 Å². The smallest absolute Gasteiger partial charge is 0.120 e. The van der Waals surface area contributed by atoms with Crippen molar-refractivity contribution in [2.24, 2.45) is 5.92 Å². The lowest BCUT2D eigenvalue weighted by Crippen LogP contribution is -2.29. The summed E-state index contributed by atoms with van der Waals surface area (Å²) >= 11 is 0. The van der Waals surface area contributed by atoms with Gasteiger partial charge in [0.2, 0.25) is 0 Å².